The van der Waals surface area contributed by atoms with Gasteiger partial charge in [0.15, 0.2) is 5.16 Å². The monoisotopic (exact) mass is 271 g/mol. The Morgan fingerprint density at radius 2 is 2.29 bits per heavy atom. The summed E-state index contributed by atoms with van der Waals surface area (Å²) >= 11 is 7.18. The largest absolute Gasteiger partial charge is 0.343 e. The Morgan fingerprint density at radius 1 is 1.53 bits per heavy atom. The molecule has 0 spiro atoms. The van der Waals surface area contributed by atoms with Crippen molar-refractivity contribution in [3.05, 3.63) is 27.5 Å². The fourth-order valence-corrected chi connectivity index (χ4v) is 2.39. The van der Waals surface area contributed by atoms with Gasteiger partial charge in [0.1, 0.15) is 16.5 Å². The van der Waals surface area contributed by atoms with E-state index in [1.54, 1.807) is 0 Å². The fraction of sp³-hybridized carbons (Fsp3) is 0.333. The minimum Gasteiger partial charge on any atom is -0.270 e. The lowest BCUT2D eigenvalue weighted by atomic mass is 10.4. The normalized spacial score (nSPS) is 10.8. The van der Waals surface area contributed by atoms with Crippen LogP contribution in [0.25, 0.3) is 0 Å². The standard InChI is InChI=1S/C9H10ClN5OS/c1-3-15-8(16)13-14-9(15)17-7-5(2)6(10)11-4-12-7/h4H,3H2,1-2H3,(H,13,16). The summed E-state index contributed by atoms with van der Waals surface area (Å²) in [7, 11) is 0. The topological polar surface area (TPSA) is 76.5 Å². The first-order valence-electron chi connectivity index (χ1n) is 4.93. The highest BCUT2D eigenvalue weighted by Gasteiger charge is 2.12. The van der Waals surface area contributed by atoms with Crippen molar-refractivity contribution in [2.24, 2.45) is 0 Å². The van der Waals surface area contributed by atoms with Gasteiger partial charge in [-0.3, -0.25) is 4.57 Å². The average Bonchev–Trinajstić information content (AvgIpc) is 2.66. The van der Waals surface area contributed by atoms with Gasteiger partial charge in [-0.25, -0.2) is 19.9 Å². The molecule has 8 heteroatoms. The summed E-state index contributed by atoms with van der Waals surface area (Å²) in [6.07, 6.45) is 1.39. The molecule has 0 aliphatic rings. The number of nitrogens with one attached hydrogen (secondary N) is 1. The van der Waals surface area contributed by atoms with Crippen LogP contribution >= 0.6 is 23.4 Å². The number of rotatable bonds is 3. The maximum absolute atomic E-state index is 11.4. The van der Waals surface area contributed by atoms with Gasteiger partial charge in [-0.15, -0.1) is 5.10 Å². The summed E-state index contributed by atoms with van der Waals surface area (Å²) in [6.45, 7) is 4.25. The number of hydrogen-bond donors (Lipinski definition) is 1. The van der Waals surface area contributed by atoms with Crippen LogP contribution in [-0.4, -0.2) is 24.7 Å². The summed E-state index contributed by atoms with van der Waals surface area (Å²) in [5.74, 6) is 0. The van der Waals surface area contributed by atoms with Gasteiger partial charge in [0.05, 0.1) is 0 Å². The maximum Gasteiger partial charge on any atom is 0.343 e. The van der Waals surface area contributed by atoms with Crippen LogP contribution in [0.4, 0.5) is 0 Å². The Labute approximate surface area is 106 Å². The molecule has 0 atom stereocenters. The molecule has 0 bridgehead atoms. The molecule has 1 N–H and O–H groups in total. The van der Waals surface area contributed by atoms with Crippen LogP contribution in [0.5, 0.6) is 0 Å². The van der Waals surface area contributed by atoms with Gasteiger partial charge in [0, 0.05) is 12.1 Å². The van der Waals surface area contributed by atoms with Crippen LogP contribution < -0.4 is 5.69 Å². The molecule has 0 unspecified atom stereocenters. The van der Waals surface area contributed by atoms with E-state index in [0.717, 1.165) is 5.56 Å². The summed E-state index contributed by atoms with van der Waals surface area (Å²) in [5, 5.41) is 8.00. The molecule has 0 saturated carbocycles. The lowest BCUT2D eigenvalue weighted by Crippen LogP contribution is -2.16. The Morgan fingerprint density at radius 3 is 3.00 bits per heavy atom. The number of hydrogen-bond acceptors (Lipinski definition) is 5. The molecule has 0 aliphatic heterocycles. The lowest BCUT2D eigenvalue weighted by molar-refractivity contribution is 0.660. The van der Waals surface area contributed by atoms with E-state index in [4.69, 9.17) is 11.6 Å². The summed E-state index contributed by atoms with van der Waals surface area (Å²) in [5.41, 5.74) is 0.546. The molecule has 17 heavy (non-hydrogen) atoms. The fourth-order valence-electron chi connectivity index (χ4n) is 1.26. The van der Waals surface area contributed by atoms with E-state index < -0.39 is 0 Å². The van der Waals surface area contributed by atoms with E-state index in [1.807, 2.05) is 13.8 Å². The molecule has 0 radical (unpaired) electrons. The quantitative estimate of drug-likeness (QED) is 0.856. The van der Waals surface area contributed by atoms with Crippen LogP contribution in [0.15, 0.2) is 21.3 Å². The van der Waals surface area contributed by atoms with Crippen molar-refractivity contribution in [2.45, 2.75) is 30.6 Å². The zero-order chi connectivity index (χ0) is 12.4. The molecule has 0 aromatic carbocycles. The van der Waals surface area contributed by atoms with Crippen LogP contribution in [0, 0.1) is 6.92 Å². The van der Waals surface area contributed by atoms with Gasteiger partial charge >= 0.3 is 5.69 Å². The molecule has 0 amide bonds. The van der Waals surface area contributed by atoms with Crippen molar-refractivity contribution in [1.29, 1.82) is 0 Å². The molecule has 2 aromatic heterocycles. The second-order valence-corrected chi connectivity index (χ2v) is 4.57. The van der Waals surface area contributed by atoms with Gasteiger partial charge in [-0.05, 0) is 25.6 Å². The van der Waals surface area contributed by atoms with E-state index in [9.17, 15) is 4.79 Å². The van der Waals surface area contributed by atoms with E-state index in [0.29, 0.717) is 21.9 Å². The highest BCUT2D eigenvalue weighted by Crippen LogP contribution is 2.28. The van der Waals surface area contributed by atoms with Gasteiger partial charge < -0.3 is 0 Å². The summed E-state index contributed by atoms with van der Waals surface area (Å²) in [6, 6.07) is 0. The minimum absolute atomic E-state index is 0.229. The maximum atomic E-state index is 11.4. The Hall–Kier alpha value is -1.34. The molecular weight excluding hydrogens is 262 g/mol. The first-order valence-corrected chi connectivity index (χ1v) is 6.13. The SMILES string of the molecule is CCn1c(Sc2ncnc(Cl)c2C)n[nH]c1=O. The number of aromatic amines is 1. The molecule has 90 valence electrons. The smallest absolute Gasteiger partial charge is 0.270 e. The van der Waals surface area contributed by atoms with Crippen molar-refractivity contribution in [2.75, 3.05) is 0 Å². The Kier molecular flexibility index (Phi) is 3.49. The Bertz CT molecular complexity index is 593. The Balaban J connectivity index is 2.38. The van der Waals surface area contributed by atoms with E-state index in [2.05, 4.69) is 20.2 Å². The third-order valence-corrected chi connectivity index (χ3v) is 3.68. The molecule has 0 fully saturated rings. The molecule has 2 rings (SSSR count). The van der Waals surface area contributed by atoms with Gasteiger partial charge in [0.25, 0.3) is 0 Å². The second-order valence-electron chi connectivity index (χ2n) is 3.25. The van der Waals surface area contributed by atoms with Crippen molar-refractivity contribution in [3.8, 4) is 0 Å². The zero-order valence-electron chi connectivity index (χ0n) is 9.27. The van der Waals surface area contributed by atoms with Crippen molar-refractivity contribution >= 4 is 23.4 Å². The number of aromatic nitrogens is 5. The predicted molar refractivity (Wildman–Crippen MR) is 64.4 cm³/mol. The van der Waals surface area contributed by atoms with Crippen LogP contribution in [0.3, 0.4) is 0 Å². The van der Waals surface area contributed by atoms with E-state index in [1.165, 1.54) is 22.7 Å². The molecule has 6 nitrogen and oxygen atoms in total. The lowest BCUT2D eigenvalue weighted by Gasteiger charge is -2.04. The molecule has 2 heterocycles. The number of H-pyrrole nitrogens is 1. The summed E-state index contributed by atoms with van der Waals surface area (Å²) in [4.78, 5) is 19.4. The van der Waals surface area contributed by atoms with Gasteiger partial charge in [-0.2, -0.15) is 0 Å². The third kappa shape index (κ3) is 2.34. The number of nitrogens with zero attached hydrogens (tertiary/aromatic N) is 4. The zero-order valence-corrected chi connectivity index (χ0v) is 10.8. The highest BCUT2D eigenvalue weighted by molar-refractivity contribution is 7.99. The van der Waals surface area contributed by atoms with E-state index in [-0.39, 0.29) is 5.69 Å². The average molecular weight is 272 g/mol. The highest BCUT2D eigenvalue weighted by atomic mass is 35.5. The predicted octanol–water partition coefficient (Wildman–Crippen LogP) is 1.49. The third-order valence-electron chi connectivity index (χ3n) is 2.20. The minimum atomic E-state index is -0.229. The van der Waals surface area contributed by atoms with Gasteiger partial charge in [-0.1, -0.05) is 11.6 Å². The van der Waals surface area contributed by atoms with Crippen LogP contribution in [0.2, 0.25) is 5.15 Å². The second kappa shape index (κ2) is 4.89. The molecule has 0 saturated heterocycles. The van der Waals surface area contributed by atoms with Crippen LogP contribution in [-0.2, 0) is 6.54 Å². The van der Waals surface area contributed by atoms with Crippen molar-refractivity contribution in [1.82, 2.24) is 24.7 Å². The molecule has 2 aromatic rings. The van der Waals surface area contributed by atoms with Gasteiger partial charge in [0.2, 0.25) is 0 Å². The molecular formula is C9H10ClN5OS. The number of halogens is 1. The first kappa shape index (κ1) is 12.1. The first-order chi connectivity index (χ1) is 8.13. The van der Waals surface area contributed by atoms with Crippen LogP contribution in [0.1, 0.15) is 12.5 Å². The van der Waals surface area contributed by atoms with E-state index >= 15 is 0 Å². The molecule has 0 aliphatic carbocycles. The van der Waals surface area contributed by atoms with Crippen molar-refractivity contribution < 1.29 is 0 Å². The van der Waals surface area contributed by atoms with Crippen molar-refractivity contribution in [3.63, 3.8) is 0 Å². The summed E-state index contributed by atoms with van der Waals surface area (Å²) < 4.78 is 1.53.